The van der Waals surface area contributed by atoms with Gasteiger partial charge in [0, 0.05) is 18.1 Å². The molecule has 0 atom stereocenters. The maximum atomic E-state index is 13.5. The first-order valence-electron chi connectivity index (χ1n) is 7.00. The molecule has 0 heterocycles. The van der Waals surface area contributed by atoms with Crippen LogP contribution < -0.4 is 14.8 Å². The van der Waals surface area contributed by atoms with Crippen molar-refractivity contribution < 1.29 is 19.2 Å². The molecular formula is C17H21FNO2+. The third-order valence-electron chi connectivity index (χ3n) is 3.43. The summed E-state index contributed by atoms with van der Waals surface area (Å²) < 4.78 is 24.0. The Labute approximate surface area is 124 Å². The molecule has 0 aliphatic heterocycles. The Bertz CT molecular complexity index is 587. The first kappa shape index (κ1) is 15.3. The van der Waals surface area contributed by atoms with Gasteiger partial charge < -0.3 is 14.8 Å². The standard InChI is InChI=1S/C17H20FNO2/c1-20-15-8-7-14(17(11-15)21-2)12-19-10-9-13-5-3-4-6-16(13)18/h3-8,11,19H,9-10,12H2,1-2H3/p+1. The first-order valence-corrected chi connectivity index (χ1v) is 7.00. The van der Waals surface area contributed by atoms with Gasteiger partial charge in [0.1, 0.15) is 23.9 Å². The van der Waals surface area contributed by atoms with Gasteiger partial charge in [0.15, 0.2) is 0 Å². The second kappa shape index (κ2) is 7.64. The van der Waals surface area contributed by atoms with Crippen LogP contribution in [0.4, 0.5) is 4.39 Å². The van der Waals surface area contributed by atoms with Gasteiger partial charge >= 0.3 is 0 Å². The van der Waals surface area contributed by atoms with E-state index in [2.05, 4.69) is 5.32 Å². The zero-order valence-electron chi connectivity index (χ0n) is 12.4. The van der Waals surface area contributed by atoms with Gasteiger partial charge in [-0.25, -0.2) is 4.39 Å². The molecular weight excluding hydrogens is 269 g/mol. The zero-order chi connectivity index (χ0) is 15.1. The fourth-order valence-electron chi connectivity index (χ4n) is 2.24. The van der Waals surface area contributed by atoms with E-state index < -0.39 is 0 Å². The molecule has 0 fully saturated rings. The van der Waals surface area contributed by atoms with E-state index in [9.17, 15) is 4.39 Å². The molecule has 4 heteroatoms. The highest BCUT2D eigenvalue weighted by Gasteiger charge is 2.07. The Morgan fingerprint density at radius 2 is 1.81 bits per heavy atom. The minimum absolute atomic E-state index is 0.132. The number of halogens is 1. The normalized spacial score (nSPS) is 10.4. The Morgan fingerprint density at radius 1 is 1.00 bits per heavy atom. The van der Waals surface area contributed by atoms with E-state index in [0.29, 0.717) is 6.42 Å². The largest absolute Gasteiger partial charge is 0.497 e. The van der Waals surface area contributed by atoms with Crippen molar-refractivity contribution in [2.24, 2.45) is 0 Å². The van der Waals surface area contributed by atoms with Crippen molar-refractivity contribution in [1.29, 1.82) is 0 Å². The highest BCUT2D eigenvalue weighted by atomic mass is 19.1. The highest BCUT2D eigenvalue weighted by molar-refractivity contribution is 5.40. The fraction of sp³-hybridized carbons (Fsp3) is 0.294. The van der Waals surface area contributed by atoms with E-state index in [1.807, 2.05) is 30.3 Å². The summed E-state index contributed by atoms with van der Waals surface area (Å²) in [5, 5.41) is 2.15. The van der Waals surface area contributed by atoms with Crippen LogP contribution in [0.3, 0.4) is 0 Å². The highest BCUT2D eigenvalue weighted by Crippen LogP contribution is 2.23. The minimum Gasteiger partial charge on any atom is -0.497 e. The van der Waals surface area contributed by atoms with Gasteiger partial charge in [-0.1, -0.05) is 18.2 Å². The van der Waals surface area contributed by atoms with E-state index >= 15 is 0 Å². The van der Waals surface area contributed by atoms with E-state index in [4.69, 9.17) is 9.47 Å². The van der Waals surface area contributed by atoms with Crippen LogP contribution in [0, 0.1) is 5.82 Å². The Morgan fingerprint density at radius 3 is 2.52 bits per heavy atom. The predicted octanol–water partition coefficient (Wildman–Crippen LogP) is 2.15. The smallest absolute Gasteiger partial charge is 0.131 e. The number of hydrogen-bond acceptors (Lipinski definition) is 2. The SMILES string of the molecule is COc1ccc(C[NH2+]CCc2ccccc2F)c(OC)c1. The number of rotatable bonds is 7. The summed E-state index contributed by atoms with van der Waals surface area (Å²) in [4.78, 5) is 0. The van der Waals surface area contributed by atoms with Crippen molar-refractivity contribution in [2.75, 3.05) is 20.8 Å². The summed E-state index contributed by atoms with van der Waals surface area (Å²) in [5.74, 6) is 1.46. The van der Waals surface area contributed by atoms with Gasteiger partial charge in [-0.2, -0.15) is 0 Å². The quantitative estimate of drug-likeness (QED) is 0.793. The monoisotopic (exact) mass is 290 g/mol. The second-order valence-corrected chi connectivity index (χ2v) is 4.80. The Hall–Kier alpha value is -2.07. The number of methoxy groups -OCH3 is 2. The molecule has 21 heavy (non-hydrogen) atoms. The lowest BCUT2D eigenvalue weighted by Gasteiger charge is -2.09. The van der Waals surface area contributed by atoms with Crippen molar-refractivity contribution in [3.8, 4) is 11.5 Å². The average Bonchev–Trinajstić information content (AvgIpc) is 2.53. The molecule has 0 aliphatic rings. The van der Waals surface area contributed by atoms with E-state index in [1.54, 1.807) is 20.3 Å². The van der Waals surface area contributed by atoms with E-state index in [1.165, 1.54) is 6.07 Å². The molecule has 0 amide bonds. The summed E-state index contributed by atoms with van der Waals surface area (Å²) in [6.45, 7) is 1.62. The van der Waals surface area contributed by atoms with Gasteiger partial charge in [-0.15, -0.1) is 0 Å². The van der Waals surface area contributed by atoms with Crippen molar-refractivity contribution in [3.63, 3.8) is 0 Å². The topological polar surface area (TPSA) is 35.1 Å². The van der Waals surface area contributed by atoms with Crippen LogP contribution in [0.2, 0.25) is 0 Å². The molecule has 2 rings (SSSR count). The number of benzene rings is 2. The molecule has 0 aliphatic carbocycles. The van der Waals surface area contributed by atoms with Crippen LogP contribution in [0.5, 0.6) is 11.5 Å². The lowest BCUT2D eigenvalue weighted by atomic mass is 10.1. The number of ether oxygens (including phenoxy) is 2. The molecule has 0 saturated heterocycles. The van der Waals surface area contributed by atoms with Crippen LogP contribution in [0.15, 0.2) is 42.5 Å². The van der Waals surface area contributed by atoms with Crippen molar-refractivity contribution in [2.45, 2.75) is 13.0 Å². The number of nitrogens with two attached hydrogens (primary N) is 1. The summed E-state index contributed by atoms with van der Waals surface area (Å²) in [6, 6.07) is 12.7. The van der Waals surface area contributed by atoms with Crippen molar-refractivity contribution in [1.82, 2.24) is 0 Å². The van der Waals surface area contributed by atoms with Crippen LogP contribution in [-0.2, 0) is 13.0 Å². The van der Waals surface area contributed by atoms with E-state index in [0.717, 1.165) is 35.7 Å². The zero-order valence-corrected chi connectivity index (χ0v) is 12.4. The summed E-state index contributed by atoms with van der Waals surface area (Å²) in [5.41, 5.74) is 1.86. The number of hydrogen-bond donors (Lipinski definition) is 1. The van der Waals surface area contributed by atoms with Crippen LogP contribution in [-0.4, -0.2) is 20.8 Å². The summed E-state index contributed by atoms with van der Waals surface area (Å²) >= 11 is 0. The van der Waals surface area contributed by atoms with E-state index in [-0.39, 0.29) is 5.82 Å². The Balaban J connectivity index is 1.87. The minimum atomic E-state index is -0.132. The third-order valence-corrected chi connectivity index (χ3v) is 3.43. The maximum absolute atomic E-state index is 13.5. The Kier molecular flexibility index (Phi) is 5.58. The predicted molar refractivity (Wildman–Crippen MR) is 80.1 cm³/mol. The van der Waals surface area contributed by atoms with Crippen molar-refractivity contribution >= 4 is 0 Å². The molecule has 0 unspecified atom stereocenters. The molecule has 0 radical (unpaired) electrons. The molecule has 112 valence electrons. The summed E-state index contributed by atoms with van der Waals surface area (Å²) in [7, 11) is 3.28. The number of quaternary nitrogens is 1. The molecule has 2 aromatic carbocycles. The van der Waals surface area contributed by atoms with Gasteiger partial charge in [-0.05, 0) is 23.8 Å². The van der Waals surface area contributed by atoms with Gasteiger partial charge in [0.2, 0.25) is 0 Å². The van der Waals surface area contributed by atoms with Crippen LogP contribution >= 0.6 is 0 Å². The molecule has 0 saturated carbocycles. The van der Waals surface area contributed by atoms with Gasteiger partial charge in [-0.3, -0.25) is 0 Å². The summed E-state index contributed by atoms with van der Waals surface area (Å²) in [6.07, 6.45) is 0.713. The lowest BCUT2D eigenvalue weighted by Crippen LogP contribution is -2.83. The van der Waals surface area contributed by atoms with Crippen LogP contribution in [0.25, 0.3) is 0 Å². The molecule has 2 aromatic rings. The molecule has 0 bridgehead atoms. The van der Waals surface area contributed by atoms with Gasteiger partial charge in [0.25, 0.3) is 0 Å². The fourth-order valence-corrected chi connectivity index (χ4v) is 2.24. The second-order valence-electron chi connectivity index (χ2n) is 4.80. The molecule has 0 aromatic heterocycles. The average molecular weight is 290 g/mol. The third kappa shape index (κ3) is 4.20. The lowest BCUT2D eigenvalue weighted by molar-refractivity contribution is -0.670. The first-order chi connectivity index (χ1) is 10.2. The molecule has 0 spiro atoms. The van der Waals surface area contributed by atoms with Gasteiger partial charge in [0.05, 0.1) is 20.8 Å². The van der Waals surface area contributed by atoms with Crippen molar-refractivity contribution in [3.05, 3.63) is 59.4 Å². The molecule has 2 N–H and O–H groups in total. The maximum Gasteiger partial charge on any atom is 0.131 e. The molecule has 3 nitrogen and oxygen atoms in total. The van der Waals surface area contributed by atoms with Crippen LogP contribution in [0.1, 0.15) is 11.1 Å².